The fourth-order valence-corrected chi connectivity index (χ4v) is 7.25. The van der Waals surface area contributed by atoms with Gasteiger partial charge in [0.25, 0.3) is 0 Å². The minimum Gasteiger partial charge on any atom is -0.545 e. The van der Waals surface area contributed by atoms with Crippen molar-refractivity contribution in [2.45, 2.75) is 76.2 Å². The van der Waals surface area contributed by atoms with E-state index >= 15 is 0 Å². The number of carbonyl (C=O) groups excluding carboxylic acids is 9. The van der Waals surface area contributed by atoms with Gasteiger partial charge in [0.15, 0.2) is 0 Å². The fourth-order valence-electron chi connectivity index (χ4n) is 7.25. The summed E-state index contributed by atoms with van der Waals surface area (Å²) in [6.07, 6.45) is 0. The molecule has 0 radical (unpaired) electrons. The highest BCUT2D eigenvalue weighted by Gasteiger charge is 2.17. The number of hydrogen-bond acceptors (Lipinski definition) is 18. The average molecular weight is 1060 g/mol. The van der Waals surface area contributed by atoms with Gasteiger partial charge in [-0.1, -0.05) is 164 Å². The summed E-state index contributed by atoms with van der Waals surface area (Å²) in [4.78, 5) is 98.5. The van der Waals surface area contributed by atoms with E-state index < -0.39 is 86.8 Å². The molecule has 0 amide bonds. The third-order valence-corrected chi connectivity index (χ3v) is 10.7. The van der Waals surface area contributed by atoms with Crippen LogP contribution in [0.5, 0.6) is 0 Å². The highest BCUT2D eigenvalue weighted by atomic mass is 16.4. The molecule has 8 aromatic carbocycles. The molecule has 0 unspecified atom stereocenters. The fraction of sp³-hybridized carbons (Fsp3) is 0.183. The van der Waals surface area contributed by atoms with Crippen LogP contribution in [0.1, 0.15) is 165 Å². The number of fused-ring (bicyclic) bond motifs is 4. The SMILES string of the molecule is CC.CC.CC.CC.Cc1cc2cc(C(=O)[O-])c(C(=O)[O-])cc2cc1C.Cc1ccc2cc(C(=O)[O-])ccc2c1.O=C([O-])c1ccc(C(=O)[O-])c2c(C(=O)[O-])ccc(C(=O)[O-])c12.O=C([O-])c1cccc2c(C(=O)[O-])cccc12. The van der Waals surface area contributed by atoms with Crippen LogP contribution in [-0.2, 0) is 0 Å². The molecule has 0 atom stereocenters. The van der Waals surface area contributed by atoms with Gasteiger partial charge in [0.1, 0.15) is 0 Å². The lowest BCUT2D eigenvalue weighted by Crippen LogP contribution is -2.30. The van der Waals surface area contributed by atoms with Crippen molar-refractivity contribution in [2.75, 3.05) is 0 Å². The second-order valence-corrected chi connectivity index (χ2v) is 15.1. The van der Waals surface area contributed by atoms with E-state index in [1.54, 1.807) is 18.2 Å². The number of benzene rings is 8. The maximum atomic E-state index is 11.1. The molecule has 18 nitrogen and oxygen atoms in total. The first-order valence-electron chi connectivity index (χ1n) is 24.0. The third-order valence-electron chi connectivity index (χ3n) is 10.7. The Kier molecular flexibility index (Phi) is 26.3. The topological polar surface area (TPSA) is 361 Å². The van der Waals surface area contributed by atoms with Crippen molar-refractivity contribution in [3.8, 4) is 0 Å². The summed E-state index contributed by atoms with van der Waals surface area (Å²) >= 11 is 0. The van der Waals surface area contributed by atoms with E-state index in [0.29, 0.717) is 21.5 Å². The molecule has 8 aromatic rings. The number of carboxylic acids is 9. The second kappa shape index (κ2) is 31.0. The maximum absolute atomic E-state index is 11.1. The van der Waals surface area contributed by atoms with E-state index in [-0.39, 0.29) is 27.8 Å². The van der Waals surface area contributed by atoms with E-state index in [1.165, 1.54) is 54.1 Å². The molecule has 0 aliphatic heterocycles. The molecule has 0 fully saturated rings. The van der Waals surface area contributed by atoms with E-state index in [1.807, 2.05) is 106 Å². The van der Waals surface area contributed by atoms with Gasteiger partial charge >= 0.3 is 0 Å². The molecule has 0 heterocycles. The number of carboxylic acid groups (broad SMARTS) is 9. The average Bonchev–Trinajstić information content (AvgIpc) is 3.42. The smallest absolute Gasteiger partial charge is 0.0722 e. The number of carbonyl (C=O) groups is 9. The molecular formula is C60H53O18-9. The molecule has 410 valence electrons. The molecule has 0 bridgehead atoms. The normalized spacial score (nSPS) is 9.63. The Hall–Kier alpha value is -9.97. The van der Waals surface area contributed by atoms with Crippen LogP contribution in [0.25, 0.3) is 43.1 Å². The Morgan fingerprint density at radius 2 is 0.564 bits per heavy atom. The minimum atomic E-state index is -1.81. The number of rotatable bonds is 9. The maximum Gasteiger partial charge on any atom is 0.0722 e. The van der Waals surface area contributed by atoms with Gasteiger partial charge in [0, 0.05) is 55.3 Å². The van der Waals surface area contributed by atoms with Crippen molar-refractivity contribution in [2.24, 2.45) is 0 Å². The lowest BCUT2D eigenvalue weighted by Gasteiger charge is -2.20. The molecule has 0 N–H and O–H groups in total. The molecule has 0 spiro atoms. The van der Waals surface area contributed by atoms with Crippen molar-refractivity contribution in [3.63, 3.8) is 0 Å². The number of aryl methyl sites for hydroxylation is 3. The van der Waals surface area contributed by atoms with Crippen LogP contribution in [0.4, 0.5) is 0 Å². The van der Waals surface area contributed by atoms with Crippen molar-refractivity contribution in [3.05, 3.63) is 188 Å². The molecule has 0 aliphatic carbocycles. The van der Waals surface area contributed by atoms with E-state index in [2.05, 4.69) is 0 Å². The monoisotopic (exact) mass is 1060 g/mol. The summed E-state index contributed by atoms with van der Waals surface area (Å²) in [6.45, 7) is 21.8. The third kappa shape index (κ3) is 16.5. The number of aromatic carboxylic acids is 9. The van der Waals surface area contributed by atoms with Gasteiger partial charge in [-0.05, 0) is 88.0 Å². The summed E-state index contributed by atoms with van der Waals surface area (Å²) in [6, 6.07) is 29.0. The van der Waals surface area contributed by atoms with Crippen LogP contribution in [-0.4, -0.2) is 53.7 Å². The Bertz CT molecular complexity index is 3290. The van der Waals surface area contributed by atoms with Gasteiger partial charge in [-0.15, -0.1) is 0 Å². The van der Waals surface area contributed by atoms with Gasteiger partial charge in [-0.2, -0.15) is 0 Å². The number of hydrogen-bond donors (Lipinski definition) is 0. The quantitative estimate of drug-likeness (QED) is 0.198. The van der Waals surface area contributed by atoms with Gasteiger partial charge in [-0.25, -0.2) is 0 Å². The van der Waals surface area contributed by atoms with Crippen LogP contribution in [0.2, 0.25) is 0 Å². The first kappa shape index (κ1) is 66.0. The summed E-state index contributed by atoms with van der Waals surface area (Å²) in [5, 5.41) is 101. The summed E-state index contributed by atoms with van der Waals surface area (Å²) < 4.78 is 0. The predicted molar refractivity (Wildman–Crippen MR) is 274 cm³/mol. The van der Waals surface area contributed by atoms with Crippen LogP contribution in [0, 0.1) is 20.8 Å². The zero-order valence-corrected chi connectivity index (χ0v) is 44.4. The highest BCUT2D eigenvalue weighted by Crippen LogP contribution is 2.30. The van der Waals surface area contributed by atoms with Gasteiger partial charge in [0.05, 0.1) is 53.7 Å². The molecule has 78 heavy (non-hydrogen) atoms. The summed E-state index contributed by atoms with van der Waals surface area (Å²) in [5.41, 5.74) is -0.132. The summed E-state index contributed by atoms with van der Waals surface area (Å²) in [7, 11) is 0. The molecule has 0 saturated heterocycles. The Morgan fingerprint density at radius 3 is 0.859 bits per heavy atom. The second-order valence-electron chi connectivity index (χ2n) is 15.1. The van der Waals surface area contributed by atoms with Crippen molar-refractivity contribution >= 4 is 96.8 Å². The van der Waals surface area contributed by atoms with E-state index in [9.17, 15) is 89.1 Å². The molecule has 0 aromatic heterocycles. The zero-order valence-electron chi connectivity index (χ0n) is 44.4. The van der Waals surface area contributed by atoms with Crippen LogP contribution < -0.4 is 46.0 Å². The predicted octanol–water partition coefficient (Wildman–Crippen LogP) is 1.66. The minimum absolute atomic E-state index is 0.0272. The Balaban J connectivity index is 0.000000503. The lowest BCUT2D eigenvalue weighted by atomic mass is 9.91. The van der Waals surface area contributed by atoms with Crippen LogP contribution in [0.15, 0.2) is 121 Å². The highest BCUT2D eigenvalue weighted by molar-refractivity contribution is 6.21. The standard InChI is InChI=1S/C14H8O8.C14H12O4.C12H8O4.C12H10O2.4C2H6/c15-11(16)5-1-2-6(12(17)18)10-8(14(21)22)4-3-7(9(5)10)13(19)20;1-7-3-9-5-11(13(15)16)12(14(17)18)6-10(9)4-8(7)2;13-11(14)9-5-1-3-7-8(9)4-2-6-10(7)12(15)16;1-8-2-3-10-7-11(12(13)14)5-4-9(10)6-8;4*1-2/h1-4H,(H,15,16)(H,17,18)(H,19,20)(H,21,22);3-6H,1-2H3,(H,15,16)(H,17,18);1-6H,(H,13,14)(H,15,16);2-7H,1H3,(H,13,14);4*1-2H3/p-9. The lowest BCUT2D eigenvalue weighted by molar-refractivity contribution is -0.259. The molecular weight excluding hydrogens is 1010 g/mol. The van der Waals surface area contributed by atoms with Gasteiger partial charge < -0.3 is 89.1 Å². The Morgan fingerprint density at radius 1 is 0.269 bits per heavy atom. The van der Waals surface area contributed by atoms with Crippen LogP contribution >= 0.6 is 0 Å². The van der Waals surface area contributed by atoms with Gasteiger partial charge in [-0.3, -0.25) is 0 Å². The molecule has 18 heteroatoms. The van der Waals surface area contributed by atoms with Crippen molar-refractivity contribution < 1.29 is 89.1 Å². The first-order valence-corrected chi connectivity index (χ1v) is 24.0. The first-order chi connectivity index (χ1) is 36.9. The van der Waals surface area contributed by atoms with Crippen molar-refractivity contribution in [1.29, 1.82) is 0 Å². The van der Waals surface area contributed by atoms with Crippen molar-refractivity contribution in [1.82, 2.24) is 0 Å². The van der Waals surface area contributed by atoms with E-state index in [4.69, 9.17) is 0 Å². The molecule has 0 saturated carbocycles. The Labute approximate surface area is 448 Å². The molecule has 0 aliphatic rings. The zero-order chi connectivity index (χ0) is 59.9. The molecule has 8 rings (SSSR count). The summed E-state index contributed by atoms with van der Waals surface area (Å²) in [5.74, 6) is -14.1. The largest absolute Gasteiger partial charge is 0.545 e. The van der Waals surface area contributed by atoms with Gasteiger partial charge in [0.2, 0.25) is 0 Å². The van der Waals surface area contributed by atoms with Crippen LogP contribution in [0.3, 0.4) is 0 Å². The van der Waals surface area contributed by atoms with E-state index in [0.717, 1.165) is 46.2 Å².